The first-order chi connectivity index (χ1) is 14.4. The molecule has 156 valence electrons. The molecule has 0 aliphatic heterocycles. The normalized spacial score (nSPS) is 11.0. The fourth-order valence-electron chi connectivity index (χ4n) is 2.71. The number of hydrogen-bond acceptors (Lipinski definition) is 5. The van der Waals surface area contributed by atoms with Crippen LogP contribution in [0.15, 0.2) is 42.6 Å². The van der Waals surface area contributed by atoms with Gasteiger partial charge in [-0.1, -0.05) is 0 Å². The SMILES string of the molecule is COc1cc2nccc(Oc3ccc(NC(=O)[AsH]CCF)c(F)c3)c2cc1C(N)=O. The van der Waals surface area contributed by atoms with Crippen LogP contribution in [0.25, 0.3) is 10.9 Å². The van der Waals surface area contributed by atoms with E-state index in [-0.39, 0.29) is 32.7 Å². The van der Waals surface area contributed by atoms with Gasteiger partial charge in [0.25, 0.3) is 0 Å². The number of nitrogens with two attached hydrogens (primary N) is 1. The Morgan fingerprint density at radius 1 is 1.20 bits per heavy atom. The van der Waals surface area contributed by atoms with Crippen molar-refractivity contribution in [1.82, 2.24) is 4.98 Å². The van der Waals surface area contributed by atoms with E-state index in [1.165, 1.54) is 31.5 Å². The third kappa shape index (κ3) is 4.86. The van der Waals surface area contributed by atoms with Crippen LogP contribution >= 0.6 is 0 Å². The maximum atomic E-state index is 14.4. The molecule has 2 amide bonds. The van der Waals surface area contributed by atoms with E-state index in [0.29, 0.717) is 16.7 Å². The zero-order valence-corrected chi connectivity index (χ0v) is 18.0. The average Bonchev–Trinajstić information content (AvgIpc) is 2.73. The first kappa shape index (κ1) is 21.5. The number of methoxy groups -OCH3 is 1. The number of pyridine rings is 1. The van der Waals surface area contributed by atoms with Crippen LogP contribution in [0.5, 0.6) is 17.2 Å². The summed E-state index contributed by atoms with van der Waals surface area (Å²) in [5.74, 6) is -0.580. The predicted molar refractivity (Wildman–Crippen MR) is 110 cm³/mol. The van der Waals surface area contributed by atoms with E-state index in [0.717, 1.165) is 6.07 Å². The van der Waals surface area contributed by atoms with E-state index in [4.69, 9.17) is 15.2 Å². The van der Waals surface area contributed by atoms with E-state index in [1.54, 1.807) is 12.1 Å². The van der Waals surface area contributed by atoms with Crippen LogP contribution in [-0.4, -0.2) is 45.1 Å². The molecule has 2 aromatic carbocycles. The first-order valence-electron chi connectivity index (χ1n) is 8.77. The summed E-state index contributed by atoms with van der Waals surface area (Å²) in [6, 6.07) is 8.59. The van der Waals surface area contributed by atoms with Crippen molar-refractivity contribution < 1.29 is 27.8 Å². The van der Waals surface area contributed by atoms with Gasteiger partial charge in [-0.3, -0.25) is 4.79 Å². The summed E-state index contributed by atoms with van der Waals surface area (Å²) in [5, 5.41) is 3.13. The number of amides is 2. The third-order valence-electron chi connectivity index (χ3n) is 4.08. The van der Waals surface area contributed by atoms with Crippen LogP contribution in [-0.2, 0) is 0 Å². The van der Waals surface area contributed by atoms with E-state index in [2.05, 4.69) is 10.3 Å². The molecule has 0 radical (unpaired) electrons. The van der Waals surface area contributed by atoms with Gasteiger partial charge in [0, 0.05) is 0 Å². The van der Waals surface area contributed by atoms with Crippen molar-refractivity contribution in [2.75, 3.05) is 19.1 Å². The molecule has 30 heavy (non-hydrogen) atoms. The summed E-state index contributed by atoms with van der Waals surface area (Å²) in [6.07, 6.45) is 1.50. The molecule has 1 aromatic heterocycles. The van der Waals surface area contributed by atoms with Crippen LogP contribution in [0.2, 0.25) is 5.21 Å². The van der Waals surface area contributed by atoms with Crippen molar-refractivity contribution in [1.29, 1.82) is 0 Å². The molecule has 0 aliphatic rings. The minimum absolute atomic E-state index is 0.00436. The molecular weight excluding hydrogens is 459 g/mol. The molecule has 1 unspecified atom stereocenters. The van der Waals surface area contributed by atoms with Gasteiger partial charge in [-0.2, -0.15) is 0 Å². The Bertz CT molecular complexity index is 1110. The van der Waals surface area contributed by atoms with Crippen molar-refractivity contribution in [2.45, 2.75) is 5.21 Å². The van der Waals surface area contributed by atoms with E-state index >= 15 is 0 Å². The van der Waals surface area contributed by atoms with Crippen molar-refractivity contribution in [3.05, 3.63) is 54.0 Å². The van der Waals surface area contributed by atoms with Gasteiger partial charge in [0.15, 0.2) is 0 Å². The molecule has 7 nitrogen and oxygen atoms in total. The van der Waals surface area contributed by atoms with E-state index in [9.17, 15) is 18.4 Å². The monoisotopic (exact) mass is 477 g/mol. The average molecular weight is 477 g/mol. The van der Waals surface area contributed by atoms with E-state index < -0.39 is 34.2 Å². The number of aromatic nitrogens is 1. The summed E-state index contributed by atoms with van der Waals surface area (Å²) in [5.41, 5.74) is 6.06. The number of carbonyl (C=O) groups is 2. The van der Waals surface area contributed by atoms with Gasteiger partial charge >= 0.3 is 155 Å². The molecule has 1 heterocycles. The number of hydrogen-bond donors (Lipinski definition) is 2. The molecule has 10 heteroatoms. The fraction of sp³-hybridized carbons (Fsp3) is 0.150. The Kier molecular flexibility index (Phi) is 6.84. The molecular formula is C20H18AsF2N3O4. The zero-order valence-electron chi connectivity index (χ0n) is 15.9. The van der Waals surface area contributed by atoms with E-state index in [1.807, 2.05) is 0 Å². The van der Waals surface area contributed by atoms with Gasteiger partial charge in [0.2, 0.25) is 0 Å². The molecule has 3 N–H and O–H groups in total. The predicted octanol–water partition coefficient (Wildman–Crippen LogP) is 3.63. The van der Waals surface area contributed by atoms with Crippen LogP contribution in [0, 0.1) is 5.82 Å². The summed E-state index contributed by atoms with van der Waals surface area (Å²) in [6.45, 7) is -0.564. The quantitative estimate of drug-likeness (QED) is 0.483. The maximum absolute atomic E-state index is 14.4. The number of fused-ring (bicyclic) bond motifs is 1. The molecule has 0 fully saturated rings. The molecule has 0 saturated heterocycles. The number of carbonyl (C=O) groups excluding carboxylic acids is 2. The molecule has 1 atom stereocenters. The number of alkyl halides is 1. The Labute approximate surface area is 177 Å². The van der Waals surface area contributed by atoms with Gasteiger partial charge in [-0.25, -0.2) is 0 Å². The minimum atomic E-state index is -1.17. The van der Waals surface area contributed by atoms with Crippen molar-refractivity contribution in [2.24, 2.45) is 5.73 Å². The molecule has 0 aliphatic carbocycles. The number of nitrogens with zero attached hydrogens (tertiary/aromatic N) is 1. The number of ether oxygens (including phenoxy) is 2. The van der Waals surface area contributed by atoms with Crippen LogP contribution in [0.4, 0.5) is 19.3 Å². The van der Waals surface area contributed by atoms with Crippen molar-refractivity contribution >= 4 is 42.9 Å². The zero-order chi connectivity index (χ0) is 21.7. The standard InChI is InChI=1S/C20H18AsF2N3O4/c1-29-18-10-16-12(9-13(18)19(24)27)17(4-7-25-16)30-11-2-3-15(14(23)8-11)26-20(28)21-5-6-22/h2-4,7-10,21H,5-6H2,1H3,(H2,24,27)(H,26,28). The van der Waals surface area contributed by atoms with Gasteiger partial charge < -0.3 is 10.5 Å². The molecule has 3 aromatic rings. The minimum Gasteiger partial charge on any atom is -0.365 e. The Balaban J connectivity index is 1.89. The third-order valence-corrected chi connectivity index (χ3v) is 5.94. The second kappa shape index (κ2) is 9.54. The number of halogens is 2. The van der Waals surface area contributed by atoms with Crippen LogP contribution in [0.3, 0.4) is 0 Å². The second-order valence-corrected chi connectivity index (χ2v) is 8.80. The Morgan fingerprint density at radius 2 is 2.00 bits per heavy atom. The summed E-state index contributed by atoms with van der Waals surface area (Å²) >= 11 is -1.17. The van der Waals surface area contributed by atoms with Gasteiger partial charge in [0.1, 0.15) is 0 Å². The van der Waals surface area contributed by atoms with Crippen LogP contribution in [0.1, 0.15) is 10.4 Å². The molecule has 0 saturated carbocycles. The number of nitrogens with one attached hydrogen (secondary N) is 1. The van der Waals surface area contributed by atoms with Crippen molar-refractivity contribution in [3.63, 3.8) is 0 Å². The molecule has 3 rings (SSSR count). The second-order valence-electron chi connectivity index (χ2n) is 6.06. The van der Waals surface area contributed by atoms with Crippen LogP contribution < -0.4 is 20.5 Å². The van der Waals surface area contributed by atoms with Gasteiger partial charge in [0.05, 0.1) is 7.11 Å². The number of benzene rings is 2. The first-order valence-corrected chi connectivity index (χ1v) is 11.3. The smallest absolute Gasteiger partial charge is 0.365 e. The molecule has 0 spiro atoms. The topological polar surface area (TPSA) is 104 Å². The Hall–Kier alpha value is -3.19. The molecule has 0 bridgehead atoms. The van der Waals surface area contributed by atoms with Gasteiger partial charge in [-0.15, -0.1) is 0 Å². The number of rotatable bonds is 8. The summed E-state index contributed by atoms with van der Waals surface area (Å²) in [7, 11) is 1.41. The number of primary amides is 1. The summed E-state index contributed by atoms with van der Waals surface area (Å²) < 4.78 is 37.1. The fourth-order valence-corrected chi connectivity index (χ4v) is 3.86. The summed E-state index contributed by atoms with van der Waals surface area (Å²) in [4.78, 5) is 27.6. The van der Waals surface area contributed by atoms with Gasteiger partial charge in [-0.05, 0) is 0 Å². The van der Waals surface area contributed by atoms with Crippen molar-refractivity contribution in [3.8, 4) is 17.2 Å². The Morgan fingerprint density at radius 3 is 2.67 bits per heavy atom. The number of anilines is 1.